The summed E-state index contributed by atoms with van der Waals surface area (Å²) in [5.74, 6) is -3.91. The van der Waals surface area contributed by atoms with Gasteiger partial charge in [-0.25, -0.2) is 13.6 Å². The molecule has 1 aromatic heterocycles. The van der Waals surface area contributed by atoms with Gasteiger partial charge in [0, 0.05) is 49.1 Å². The second-order valence-electron chi connectivity index (χ2n) is 13.4. The van der Waals surface area contributed by atoms with E-state index in [2.05, 4.69) is 10.6 Å². The van der Waals surface area contributed by atoms with Crippen molar-refractivity contribution >= 4 is 23.7 Å². The summed E-state index contributed by atoms with van der Waals surface area (Å²) in [4.78, 5) is 51.2. The summed E-state index contributed by atoms with van der Waals surface area (Å²) in [5, 5.41) is 24.9. The van der Waals surface area contributed by atoms with Gasteiger partial charge in [-0.05, 0) is 60.9 Å². The molecule has 3 aromatic rings. The number of carboxylic acids is 1. The van der Waals surface area contributed by atoms with Crippen LogP contribution in [0.1, 0.15) is 77.1 Å². The van der Waals surface area contributed by atoms with Gasteiger partial charge in [-0.2, -0.15) is 0 Å². The molecule has 0 aliphatic heterocycles. The first-order chi connectivity index (χ1) is 23.7. The molecule has 13 heteroatoms. The standard InChI is InChI=1S/C37H49F2N5O6/c1-5-32(46)41-17-10-9-13-30(36(49)50)42-35(48)29(40)16-18-44(33(47)23-45)34(37(2,3)4)31-19-25(27-20-26(38)14-15-28(27)39)22-43(31)21-24-11-7-6-8-12-24/h6-8,11-12,14-15,19-20,22,29-30,34,45H,5,9-10,13,16-18,21,23,40H2,1-4H3,(H,41,46)(H,42,48)(H,49,50)/t29-,30+,34-/m0/s1. The Morgan fingerprint density at radius 1 is 1.00 bits per heavy atom. The summed E-state index contributed by atoms with van der Waals surface area (Å²) in [5.41, 5.74) is 7.50. The second-order valence-corrected chi connectivity index (χ2v) is 13.4. The lowest BCUT2D eigenvalue weighted by atomic mass is 9.82. The number of carboxylic acid groups (broad SMARTS) is 1. The van der Waals surface area contributed by atoms with Gasteiger partial charge in [0.1, 0.15) is 24.3 Å². The molecule has 0 saturated carbocycles. The van der Waals surface area contributed by atoms with Crippen molar-refractivity contribution in [1.82, 2.24) is 20.1 Å². The monoisotopic (exact) mass is 697 g/mol. The van der Waals surface area contributed by atoms with Crippen molar-refractivity contribution in [2.75, 3.05) is 19.7 Å². The molecule has 3 rings (SSSR count). The number of nitrogens with zero attached hydrogens (tertiary/aromatic N) is 2. The molecule has 0 unspecified atom stereocenters. The lowest BCUT2D eigenvalue weighted by Crippen LogP contribution is -2.50. The third-order valence-corrected chi connectivity index (χ3v) is 8.43. The van der Waals surface area contributed by atoms with Gasteiger partial charge in [0.05, 0.1) is 12.1 Å². The number of carbonyl (C=O) groups excluding carboxylic acids is 3. The lowest BCUT2D eigenvalue weighted by molar-refractivity contribution is -0.142. The molecule has 3 atom stereocenters. The molecule has 11 nitrogen and oxygen atoms in total. The maximum atomic E-state index is 15.0. The number of nitrogens with one attached hydrogen (secondary N) is 2. The Bertz CT molecular complexity index is 1610. The highest BCUT2D eigenvalue weighted by molar-refractivity contribution is 5.87. The molecule has 1 heterocycles. The number of aromatic nitrogens is 1. The fraction of sp³-hybridized carbons (Fsp3) is 0.459. The van der Waals surface area contributed by atoms with Crippen molar-refractivity contribution in [3.8, 4) is 11.1 Å². The Kier molecular flexibility index (Phi) is 14.6. The van der Waals surface area contributed by atoms with Crippen molar-refractivity contribution in [2.24, 2.45) is 11.1 Å². The number of aliphatic carboxylic acids is 1. The van der Waals surface area contributed by atoms with Gasteiger partial charge in [0.25, 0.3) is 0 Å². The molecule has 6 N–H and O–H groups in total. The molecule has 0 saturated heterocycles. The van der Waals surface area contributed by atoms with E-state index >= 15 is 0 Å². The number of hydrogen-bond donors (Lipinski definition) is 5. The minimum Gasteiger partial charge on any atom is -0.480 e. The van der Waals surface area contributed by atoms with Crippen LogP contribution in [0, 0.1) is 17.0 Å². The Morgan fingerprint density at radius 3 is 2.32 bits per heavy atom. The molecule has 0 radical (unpaired) electrons. The first-order valence-corrected chi connectivity index (χ1v) is 16.8. The van der Waals surface area contributed by atoms with Crippen molar-refractivity contribution in [1.29, 1.82) is 0 Å². The predicted octanol–water partition coefficient (Wildman–Crippen LogP) is 4.37. The van der Waals surface area contributed by atoms with Crippen LogP contribution in [0.3, 0.4) is 0 Å². The number of nitrogens with two attached hydrogens (primary N) is 1. The quantitative estimate of drug-likeness (QED) is 0.123. The minimum absolute atomic E-state index is 0.0446. The van der Waals surface area contributed by atoms with E-state index < -0.39 is 59.6 Å². The van der Waals surface area contributed by atoms with Crippen LogP contribution in [-0.2, 0) is 25.7 Å². The van der Waals surface area contributed by atoms with Gasteiger partial charge < -0.3 is 36.0 Å². The summed E-state index contributed by atoms with van der Waals surface area (Å²) in [7, 11) is 0. The molecule has 0 fully saturated rings. The molecule has 272 valence electrons. The lowest BCUT2D eigenvalue weighted by Gasteiger charge is -2.41. The van der Waals surface area contributed by atoms with E-state index in [4.69, 9.17) is 5.73 Å². The smallest absolute Gasteiger partial charge is 0.326 e. The van der Waals surface area contributed by atoms with Crippen molar-refractivity contribution in [2.45, 2.75) is 84.5 Å². The molecular formula is C37H49F2N5O6. The van der Waals surface area contributed by atoms with Crippen molar-refractivity contribution < 1.29 is 38.2 Å². The fourth-order valence-electron chi connectivity index (χ4n) is 5.87. The predicted molar refractivity (Wildman–Crippen MR) is 186 cm³/mol. The number of carbonyl (C=O) groups is 4. The van der Waals surface area contributed by atoms with Crippen LogP contribution in [0.15, 0.2) is 60.8 Å². The Labute approximate surface area is 291 Å². The van der Waals surface area contributed by atoms with E-state index in [1.165, 1.54) is 4.90 Å². The van der Waals surface area contributed by atoms with E-state index in [1.807, 2.05) is 55.7 Å². The number of aliphatic hydroxyl groups excluding tert-OH is 1. The van der Waals surface area contributed by atoms with Crippen LogP contribution in [0.5, 0.6) is 0 Å². The maximum absolute atomic E-state index is 15.0. The van der Waals surface area contributed by atoms with Crippen LogP contribution in [0.25, 0.3) is 11.1 Å². The number of unbranched alkanes of at least 4 members (excludes halogenated alkanes) is 1. The third-order valence-electron chi connectivity index (χ3n) is 8.43. The Morgan fingerprint density at radius 2 is 1.70 bits per heavy atom. The highest BCUT2D eigenvalue weighted by atomic mass is 19.1. The average molecular weight is 698 g/mol. The first-order valence-electron chi connectivity index (χ1n) is 16.8. The number of halogens is 2. The average Bonchev–Trinajstić information content (AvgIpc) is 3.47. The summed E-state index contributed by atoms with van der Waals surface area (Å²) in [6.07, 6.45) is 3.08. The van der Waals surface area contributed by atoms with Gasteiger partial charge in [-0.3, -0.25) is 14.4 Å². The second kappa shape index (κ2) is 18.4. The highest BCUT2D eigenvalue weighted by Crippen LogP contribution is 2.41. The van der Waals surface area contributed by atoms with E-state index in [0.29, 0.717) is 43.6 Å². The maximum Gasteiger partial charge on any atom is 0.326 e. The summed E-state index contributed by atoms with van der Waals surface area (Å²) >= 11 is 0. The van der Waals surface area contributed by atoms with Gasteiger partial charge in [-0.15, -0.1) is 0 Å². The Hall–Kier alpha value is -4.62. The van der Waals surface area contributed by atoms with E-state index in [1.54, 1.807) is 19.2 Å². The molecule has 0 spiro atoms. The zero-order chi connectivity index (χ0) is 37.0. The third kappa shape index (κ3) is 11.2. The van der Waals surface area contributed by atoms with Crippen molar-refractivity contribution in [3.05, 3.63) is 83.7 Å². The Balaban J connectivity index is 1.89. The summed E-state index contributed by atoms with van der Waals surface area (Å²) in [6, 6.07) is 11.2. The highest BCUT2D eigenvalue weighted by Gasteiger charge is 2.37. The van der Waals surface area contributed by atoms with Gasteiger partial charge in [-0.1, -0.05) is 58.0 Å². The van der Waals surface area contributed by atoms with Crippen LogP contribution >= 0.6 is 0 Å². The fourth-order valence-corrected chi connectivity index (χ4v) is 5.87. The zero-order valence-corrected chi connectivity index (χ0v) is 29.1. The molecule has 50 heavy (non-hydrogen) atoms. The van der Waals surface area contributed by atoms with E-state index in [-0.39, 0.29) is 30.9 Å². The normalized spacial score (nSPS) is 13.3. The van der Waals surface area contributed by atoms with Crippen LogP contribution in [-0.4, -0.2) is 75.2 Å². The number of hydrogen-bond acceptors (Lipinski definition) is 6. The van der Waals surface area contributed by atoms with Gasteiger partial charge in [0.2, 0.25) is 17.7 Å². The van der Waals surface area contributed by atoms with E-state index in [0.717, 1.165) is 23.8 Å². The van der Waals surface area contributed by atoms with Gasteiger partial charge >= 0.3 is 5.97 Å². The van der Waals surface area contributed by atoms with Crippen LogP contribution < -0.4 is 16.4 Å². The number of amides is 3. The SMILES string of the molecule is CCC(=O)NCCCC[C@@H](NC(=O)[C@@H](N)CCN(C(=O)CO)[C@@H](c1cc(-c2cc(F)ccc2F)cn1Cc1ccccc1)C(C)(C)C)C(=O)O. The number of benzene rings is 2. The van der Waals surface area contributed by atoms with E-state index in [9.17, 15) is 38.2 Å². The molecule has 3 amide bonds. The molecule has 0 aliphatic carbocycles. The van der Waals surface area contributed by atoms with Crippen LogP contribution in [0.4, 0.5) is 8.78 Å². The first kappa shape index (κ1) is 39.8. The van der Waals surface area contributed by atoms with Gasteiger partial charge in [0.15, 0.2) is 0 Å². The number of rotatable bonds is 18. The minimum atomic E-state index is -1.22. The largest absolute Gasteiger partial charge is 0.480 e. The molecular weight excluding hydrogens is 648 g/mol. The van der Waals surface area contributed by atoms with Crippen LogP contribution in [0.2, 0.25) is 0 Å². The zero-order valence-electron chi connectivity index (χ0n) is 29.1. The van der Waals surface area contributed by atoms with Crippen molar-refractivity contribution in [3.63, 3.8) is 0 Å². The topological polar surface area (TPSA) is 167 Å². The molecule has 2 aromatic carbocycles. The summed E-state index contributed by atoms with van der Waals surface area (Å²) < 4.78 is 31.1. The molecule has 0 bridgehead atoms. The number of aliphatic hydroxyl groups is 1. The molecule has 0 aliphatic rings. The summed E-state index contributed by atoms with van der Waals surface area (Å²) in [6.45, 7) is 7.24.